The molecule has 0 unspecified atom stereocenters. The highest BCUT2D eigenvalue weighted by Gasteiger charge is 2.20. The smallest absolute Gasteiger partial charge is 0.312 e. The number of nitro benzene ring substituents is 1. The van der Waals surface area contributed by atoms with Gasteiger partial charge in [-0.05, 0) is 43.5 Å². The normalized spacial score (nSPS) is 10.2. The van der Waals surface area contributed by atoms with Crippen molar-refractivity contribution in [3.63, 3.8) is 0 Å². The van der Waals surface area contributed by atoms with Gasteiger partial charge in [0.15, 0.2) is 0 Å². The van der Waals surface area contributed by atoms with E-state index in [4.69, 9.17) is 4.74 Å². The summed E-state index contributed by atoms with van der Waals surface area (Å²) in [5.41, 5.74) is 2.66. The fourth-order valence-electron chi connectivity index (χ4n) is 2.11. The van der Waals surface area contributed by atoms with Crippen LogP contribution in [-0.4, -0.2) is 11.2 Å². The minimum absolute atomic E-state index is 0.0802. The molecule has 2 aromatic carbocycles. The summed E-state index contributed by atoms with van der Waals surface area (Å²) in [6.07, 6.45) is 0.711. The number of benzene rings is 2. The van der Waals surface area contributed by atoms with Crippen molar-refractivity contribution >= 4 is 12.0 Å². The Labute approximate surface area is 122 Å². The van der Waals surface area contributed by atoms with Crippen LogP contribution in [0.1, 0.15) is 27.0 Å². The van der Waals surface area contributed by atoms with E-state index >= 15 is 0 Å². The number of carbonyl (C=O) groups is 1. The number of rotatable bonds is 4. The summed E-state index contributed by atoms with van der Waals surface area (Å²) in [4.78, 5) is 21.6. The van der Waals surface area contributed by atoms with Crippen LogP contribution in [0.15, 0.2) is 30.3 Å². The van der Waals surface area contributed by atoms with Crippen molar-refractivity contribution in [3.05, 3.63) is 62.7 Å². The van der Waals surface area contributed by atoms with Gasteiger partial charge in [-0.15, -0.1) is 0 Å². The monoisotopic (exact) mass is 285 g/mol. The summed E-state index contributed by atoms with van der Waals surface area (Å²) in [5, 5.41) is 11.2. The lowest BCUT2D eigenvalue weighted by Gasteiger charge is -2.12. The lowest BCUT2D eigenvalue weighted by atomic mass is 10.1. The number of carbonyl (C=O) groups excluding carboxylic acids is 1. The lowest BCUT2D eigenvalue weighted by Crippen LogP contribution is -1.98. The number of hydrogen-bond donors (Lipinski definition) is 0. The largest absolute Gasteiger partial charge is 0.450 e. The Morgan fingerprint density at radius 1 is 1.10 bits per heavy atom. The molecule has 0 spiro atoms. The van der Waals surface area contributed by atoms with Crippen molar-refractivity contribution in [2.45, 2.75) is 20.8 Å². The maximum Gasteiger partial charge on any atom is 0.312 e. The van der Waals surface area contributed by atoms with Gasteiger partial charge in [0.1, 0.15) is 12.0 Å². The maximum atomic E-state index is 11.2. The third kappa shape index (κ3) is 3.08. The van der Waals surface area contributed by atoms with E-state index in [0.717, 1.165) is 11.1 Å². The van der Waals surface area contributed by atoms with E-state index in [2.05, 4.69) is 0 Å². The second-order valence-corrected chi connectivity index (χ2v) is 4.93. The SMILES string of the molecule is Cc1cc(C)c(Oc2cc(C=O)ccc2C)c([N+](=O)[O-])c1. The molecular weight excluding hydrogens is 270 g/mol. The molecule has 0 saturated carbocycles. The molecule has 0 heterocycles. The molecule has 0 radical (unpaired) electrons. The molecule has 2 aromatic rings. The molecule has 2 rings (SSSR count). The molecule has 0 aromatic heterocycles. The first-order chi connectivity index (χ1) is 9.92. The minimum Gasteiger partial charge on any atom is -0.450 e. The topological polar surface area (TPSA) is 69.4 Å². The molecule has 21 heavy (non-hydrogen) atoms. The van der Waals surface area contributed by atoms with Crippen LogP contribution in [0.3, 0.4) is 0 Å². The molecule has 0 aliphatic carbocycles. The van der Waals surface area contributed by atoms with Gasteiger partial charge in [0.05, 0.1) is 4.92 Å². The quantitative estimate of drug-likeness (QED) is 0.481. The van der Waals surface area contributed by atoms with Crippen LogP contribution in [0.25, 0.3) is 0 Å². The van der Waals surface area contributed by atoms with Crippen molar-refractivity contribution in [3.8, 4) is 11.5 Å². The first-order valence-corrected chi connectivity index (χ1v) is 6.41. The summed E-state index contributed by atoms with van der Waals surface area (Å²) >= 11 is 0. The number of aryl methyl sites for hydroxylation is 3. The molecule has 0 bridgehead atoms. The Kier molecular flexibility index (Phi) is 4.03. The van der Waals surface area contributed by atoms with Crippen LogP contribution in [-0.2, 0) is 0 Å². The third-order valence-corrected chi connectivity index (χ3v) is 3.16. The predicted molar refractivity (Wildman–Crippen MR) is 79.2 cm³/mol. The van der Waals surface area contributed by atoms with Gasteiger partial charge in [0.25, 0.3) is 0 Å². The van der Waals surface area contributed by atoms with E-state index in [9.17, 15) is 14.9 Å². The van der Waals surface area contributed by atoms with E-state index in [1.807, 2.05) is 13.0 Å². The number of hydrogen-bond acceptors (Lipinski definition) is 4. The maximum absolute atomic E-state index is 11.2. The Balaban J connectivity index is 2.53. The number of nitro groups is 1. The minimum atomic E-state index is -0.464. The van der Waals surface area contributed by atoms with Gasteiger partial charge in [-0.1, -0.05) is 18.2 Å². The average molecular weight is 285 g/mol. The van der Waals surface area contributed by atoms with E-state index < -0.39 is 4.92 Å². The van der Waals surface area contributed by atoms with Gasteiger partial charge in [-0.3, -0.25) is 14.9 Å². The van der Waals surface area contributed by atoms with Crippen LogP contribution in [0, 0.1) is 30.9 Å². The predicted octanol–water partition coefficient (Wildman–Crippen LogP) is 4.12. The van der Waals surface area contributed by atoms with Crippen LogP contribution in [0.2, 0.25) is 0 Å². The lowest BCUT2D eigenvalue weighted by molar-refractivity contribution is -0.385. The zero-order valence-corrected chi connectivity index (χ0v) is 12.0. The fraction of sp³-hybridized carbons (Fsp3) is 0.188. The molecule has 0 amide bonds. The molecule has 0 atom stereocenters. The highest BCUT2D eigenvalue weighted by atomic mass is 16.6. The molecule has 0 fully saturated rings. The number of ether oxygens (including phenoxy) is 1. The highest BCUT2D eigenvalue weighted by Crippen LogP contribution is 2.36. The summed E-state index contributed by atoms with van der Waals surface area (Å²) < 4.78 is 5.73. The van der Waals surface area contributed by atoms with E-state index in [1.54, 1.807) is 32.0 Å². The van der Waals surface area contributed by atoms with Crippen LogP contribution >= 0.6 is 0 Å². The summed E-state index contributed by atoms with van der Waals surface area (Å²) in [7, 11) is 0. The third-order valence-electron chi connectivity index (χ3n) is 3.16. The Morgan fingerprint density at radius 3 is 2.43 bits per heavy atom. The van der Waals surface area contributed by atoms with Crippen molar-refractivity contribution in [2.75, 3.05) is 0 Å². The van der Waals surface area contributed by atoms with Gasteiger partial charge in [0.2, 0.25) is 5.75 Å². The standard InChI is InChI=1S/C16H15NO4/c1-10-6-12(3)16(14(7-10)17(19)20)21-15-8-13(9-18)5-4-11(15)2/h4-9H,1-3H3. The highest BCUT2D eigenvalue weighted by molar-refractivity contribution is 5.76. The van der Waals surface area contributed by atoms with Crippen LogP contribution in [0.5, 0.6) is 11.5 Å². The van der Waals surface area contributed by atoms with Crippen LogP contribution in [0.4, 0.5) is 5.69 Å². The van der Waals surface area contributed by atoms with Crippen molar-refractivity contribution in [1.29, 1.82) is 0 Å². The molecule has 0 aliphatic heterocycles. The second-order valence-electron chi connectivity index (χ2n) is 4.93. The van der Waals surface area contributed by atoms with Gasteiger partial charge in [0, 0.05) is 11.6 Å². The van der Waals surface area contributed by atoms with Gasteiger partial charge < -0.3 is 4.74 Å². The first kappa shape index (κ1) is 14.7. The fourth-order valence-corrected chi connectivity index (χ4v) is 2.11. The molecular formula is C16H15NO4. The van der Waals surface area contributed by atoms with Gasteiger partial charge >= 0.3 is 5.69 Å². The van der Waals surface area contributed by atoms with Gasteiger partial charge in [-0.2, -0.15) is 0 Å². The van der Waals surface area contributed by atoms with Crippen molar-refractivity contribution < 1.29 is 14.5 Å². The zero-order valence-electron chi connectivity index (χ0n) is 12.0. The molecule has 5 heteroatoms. The van der Waals surface area contributed by atoms with E-state index in [-0.39, 0.29) is 11.4 Å². The molecule has 0 N–H and O–H groups in total. The Bertz CT molecular complexity index is 722. The van der Waals surface area contributed by atoms with E-state index in [0.29, 0.717) is 23.2 Å². The van der Waals surface area contributed by atoms with E-state index in [1.165, 1.54) is 6.07 Å². The second kappa shape index (κ2) is 5.75. The van der Waals surface area contributed by atoms with Crippen molar-refractivity contribution in [1.82, 2.24) is 0 Å². The number of nitrogens with zero attached hydrogens (tertiary/aromatic N) is 1. The Hall–Kier alpha value is -2.69. The summed E-state index contributed by atoms with van der Waals surface area (Å²) in [5.74, 6) is 0.645. The molecule has 108 valence electrons. The number of aldehydes is 1. The van der Waals surface area contributed by atoms with Crippen LogP contribution < -0.4 is 4.74 Å². The molecule has 0 saturated heterocycles. The summed E-state index contributed by atoms with van der Waals surface area (Å²) in [6.45, 7) is 5.37. The molecule has 5 nitrogen and oxygen atoms in total. The average Bonchev–Trinajstić information content (AvgIpc) is 2.43. The first-order valence-electron chi connectivity index (χ1n) is 6.41. The summed E-state index contributed by atoms with van der Waals surface area (Å²) in [6, 6.07) is 8.29. The van der Waals surface area contributed by atoms with Gasteiger partial charge in [-0.25, -0.2) is 0 Å². The van der Waals surface area contributed by atoms with Crippen molar-refractivity contribution in [2.24, 2.45) is 0 Å². The zero-order chi connectivity index (χ0) is 15.6. The molecule has 0 aliphatic rings. The Morgan fingerprint density at radius 2 is 1.81 bits per heavy atom.